The summed E-state index contributed by atoms with van der Waals surface area (Å²) >= 11 is 5.96. The van der Waals surface area contributed by atoms with E-state index in [0.717, 1.165) is 19.4 Å². The summed E-state index contributed by atoms with van der Waals surface area (Å²) in [7, 11) is 1.46. The van der Waals surface area contributed by atoms with Gasteiger partial charge in [-0.15, -0.1) is 0 Å². The topological polar surface area (TPSA) is 74.1 Å². The summed E-state index contributed by atoms with van der Waals surface area (Å²) in [6.07, 6.45) is 2.06. The largest absolute Gasteiger partial charge is 0.496 e. The van der Waals surface area contributed by atoms with E-state index in [1.807, 2.05) is 24.3 Å². The molecule has 0 spiro atoms. The Morgan fingerprint density at radius 1 is 1.19 bits per heavy atom. The lowest BCUT2D eigenvalue weighted by Gasteiger charge is -2.11. The highest BCUT2D eigenvalue weighted by atomic mass is 35.5. The zero-order valence-corrected chi connectivity index (χ0v) is 15.5. The molecule has 0 fully saturated rings. The second-order valence-electron chi connectivity index (χ2n) is 5.74. The van der Waals surface area contributed by atoms with Gasteiger partial charge in [-0.05, 0) is 31.0 Å². The minimum atomic E-state index is -0.291. The number of amides is 1. The third-order valence-electron chi connectivity index (χ3n) is 3.90. The number of ether oxygens (including phenoxy) is 1. The first-order chi connectivity index (χ1) is 12.7. The first kappa shape index (κ1) is 19.8. The number of nitrogens with zero attached hydrogens (tertiary/aromatic N) is 1. The van der Waals surface area contributed by atoms with Gasteiger partial charge in [0.2, 0.25) is 0 Å². The van der Waals surface area contributed by atoms with Gasteiger partial charge in [0.25, 0.3) is 5.91 Å². The van der Waals surface area contributed by atoms with Crippen molar-refractivity contribution < 1.29 is 9.53 Å². The smallest absolute Gasteiger partial charge is 0.255 e. The monoisotopic (exact) mass is 371 g/mol. The Morgan fingerprint density at radius 2 is 1.96 bits per heavy atom. The zero-order valence-electron chi connectivity index (χ0n) is 14.7. The first-order valence-electron chi connectivity index (χ1n) is 8.46. The average Bonchev–Trinajstić information content (AvgIpc) is 2.67. The molecule has 2 aromatic rings. The first-order valence-corrected chi connectivity index (χ1v) is 8.84. The van der Waals surface area contributed by atoms with E-state index in [0.29, 0.717) is 24.4 Å². The van der Waals surface area contributed by atoms with Crippen LogP contribution < -0.4 is 15.4 Å². The highest BCUT2D eigenvalue weighted by Gasteiger charge is 2.15. The van der Waals surface area contributed by atoms with Gasteiger partial charge in [0.1, 0.15) is 11.8 Å². The fourth-order valence-corrected chi connectivity index (χ4v) is 2.73. The van der Waals surface area contributed by atoms with Crippen LogP contribution in [0.15, 0.2) is 42.5 Å². The van der Waals surface area contributed by atoms with Gasteiger partial charge in [0, 0.05) is 19.2 Å². The molecule has 26 heavy (non-hydrogen) atoms. The summed E-state index contributed by atoms with van der Waals surface area (Å²) in [5.41, 5.74) is 1.87. The predicted molar refractivity (Wildman–Crippen MR) is 103 cm³/mol. The van der Waals surface area contributed by atoms with Crippen molar-refractivity contribution in [3.63, 3.8) is 0 Å². The van der Waals surface area contributed by atoms with Crippen molar-refractivity contribution in [1.29, 1.82) is 5.26 Å². The lowest BCUT2D eigenvalue weighted by Crippen LogP contribution is -2.32. The van der Waals surface area contributed by atoms with Crippen LogP contribution in [0.4, 0.5) is 0 Å². The third-order valence-corrected chi connectivity index (χ3v) is 4.22. The summed E-state index contributed by atoms with van der Waals surface area (Å²) in [5.74, 6) is 0.0587. The van der Waals surface area contributed by atoms with Gasteiger partial charge >= 0.3 is 0 Å². The van der Waals surface area contributed by atoms with E-state index in [9.17, 15) is 4.79 Å². The molecule has 0 bridgehead atoms. The minimum Gasteiger partial charge on any atom is -0.496 e. The maximum Gasteiger partial charge on any atom is 0.255 e. The lowest BCUT2D eigenvalue weighted by atomic mass is 10.1. The van der Waals surface area contributed by atoms with E-state index in [1.54, 1.807) is 0 Å². The number of nitrogens with one attached hydrogen (secondary N) is 2. The zero-order chi connectivity index (χ0) is 18.8. The van der Waals surface area contributed by atoms with Crippen LogP contribution in [-0.4, -0.2) is 32.7 Å². The molecule has 0 aliphatic rings. The van der Waals surface area contributed by atoms with Crippen LogP contribution in [0.1, 0.15) is 27.9 Å². The average molecular weight is 372 g/mol. The molecular formula is C20H22ClN3O2. The molecule has 0 radical (unpaired) electrons. The van der Waals surface area contributed by atoms with Gasteiger partial charge in [-0.25, -0.2) is 0 Å². The Bertz CT molecular complexity index is 773. The van der Waals surface area contributed by atoms with Gasteiger partial charge in [0.15, 0.2) is 0 Å². The number of methoxy groups -OCH3 is 1. The molecule has 2 N–H and O–H groups in total. The highest BCUT2D eigenvalue weighted by molar-refractivity contribution is 6.32. The van der Waals surface area contributed by atoms with Crippen LogP contribution in [-0.2, 0) is 6.42 Å². The fraction of sp³-hybridized carbons (Fsp3) is 0.300. The van der Waals surface area contributed by atoms with Gasteiger partial charge in [0.05, 0.1) is 23.3 Å². The Hall–Kier alpha value is -2.55. The SMILES string of the molecule is COc1cc(Cl)c(C#N)cc1C(=O)NCCNCCCc1ccccc1. The number of aryl methyl sites for hydroxylation is 1. The number of carbonyl (C=O) groups is 1. The Balaban J connectivity index is 1.73. The summed E-state index contributed by atoms with van der Waals surface area (Å²) in [5, 5.41) is 15.4. The highest BCUT2D eigenvalue weighted by Crippen LogP contribution is 2.26. The quantitative estimate of drug-likeness (QED) is 0.664. The molecule has 5 nitrogen and oxygen atoms in total. The molecule has 0 aliphatic heterocycles. The summed E-state index contributed by atoms with van der Waals surface area (Å²) in [6, 6.07) is 15.2. The third kappa shape index (κ3) is 5.76. The van der Waals surface area contributed by atoms with Gasteiger partial charge < -0.3 is 15.4 Å². The molecule has 0 unspecified atom stereocenters. The van der Waals surface area contributed by atoms with E-state index < -0.39 is 0 Å². The molecule has 0 saturated heterocycles. The second-order valence-corrected chi connectivity index (χ2v) is 6.15. The minimum absolute atomic E-state index is 0.247. The molecule has 0 heterocycles. The number of benzene rings is 2. The number of hydrogen-bond acceptors (Lipinski definition) is 4. The van der Waals surface area contributed by atoms with Crippen LogP contribution in [0.3, 0.4) is 0 Å². The molecule has 136 valence electrons. The van der Waals surface area contributed by atoms with Crippen molar-refractivity contribution in [2.75, 3.05) is 26.7 Å². The van der Waals surface area contributed by atoms with Crippen molar-refractivity contribution in [3.8, 4) is 11.8 Å². The van der Waals surface area contributed by atoms with E-state index in [4.69, 9.17) is 21.6 Å². The maximum absolute atomic E-state index is 12.3. The van der Waals surface area contributed by atoms with Crippen molar-refractivity contribution in [2.24, 2.45) is 0 Å². The fourth-order valence-electron chi connectivity index (χ4n) is 2.53. The van der Waals surface area contributed by atoms with Crippen molar-refractivity contribution in [3.05, 3.63) is 64.2 Å². The Kier molecular flexibility index (Phi) is 7.94. The molecule has 0 aromatic heterocycles. The standard InChI is InChI=1S/C20H22ClN3O2/c1-26-19-13-18(21)16(14-22)12-17(19)20(25)24-11-10-23-9-5-8-15-6-3-2-4-7-15/h2-4,6-7,12-13,23H,5,8-11H2,1H3,(H,24,25). The maximum atomic E-state index is 12.3. The van der Waals surface area contributed by atoms with Crippen LogP contribution in [0.25, 0.3) is 0 Å². The number of hydrogen-bond donors (Lipinski definition) is 2. The molecule has 0 atom stereocenters. The number of rotatable bonds is 9. The van der Waals surface area contributed by atoms with E-state index in [2.05, 4.69) is 22.8 Å². The van der Waals surface area contributed by atoms with E-state index in [1.165, 1.54) is 24.8 Å². The lowest BCUT2D eigenvalue weighted by molar-refractivity contribution is 0.0951. The van der Waals surface area contributed by atoms with Crippen LogP contribution in [0, 0.1) is 11.3 Å². The molecule has 2 aromatic carbocycles. The molecule has 2 rings (SSSR count). The molecule has 6 heteroatoms. The van der Waals surface area contributed by atoms with Crippen LogP contribution in [0.2, 0.25) is 5.02 Å². The summed E-state index contributed by atoms with van der Waals surface area (Å²) in [6.45, 7) is 2.03. The Morgan fingerprint density at radius 3 is 2.65 bits per heavy atom. The summed E-state index contributed by atoms with van der Waals surface area (Å²) < 4.78 is 5.18. The van der Waals surface area contributed by atoms with E-state index in [-0.39, 0.29) is 16.5 Å². The van der Waals surface area contributed by atoms with Crippen molar-refractivity contribution in [1.82, 2.24) is 10.6 Å². The normalized spacial score (nSPS) is 10.2. The van der Waals surface area contributed by atoms with Crippen LogP contribution >= 0.6 is 11.6 Å². The van der Waals surface area contributed by atoms with Gasteiger partial charge in [-0.2, -0.15) is 5.26 Å². The number of carbonyl (C=O) groups excluding carboxylic acids is 1. The van der Waals surface area contributed by atoms with Crippen molar-refractivity contribution >= 4 is 17.5 Å². The molecule has 0 aliphatic carbocycles. The number of halogens is 1. The summed E-state index contributed by atoms with van der Waals surface area (Å²) in [4.78, 5) is 12.3. The van der Waals surface area contributed by atoms with Gasteiger partial charge in [-0.1, -0.05) is 41.9 Å². The van der Waals surface area contributed by atoms with Crippen LogP contribution in [0.5, 0.6) is 5.75 Å². The van der Waals surface area contributed by atoms with Crippen molar-refractivity contribution in [2.45, 2.75) is 12.8 Å². The molecule has 0 saturated carbocycles. The van der Waals surface area contributed by atoms with Gasteiger partial charge in [-0.3, -0.25) is 4.79 Å². The number of nitriles is 1. The second kappa shape index (κ2) is 10.4. The predicted octanol–water partition coefficient (Wildman–Crippen LogP) is 3.17. The molecular weight excluding hydrogens is 350 g/mol. The Labute approximate surface area is 158 Å². The van der Waals surface area contributed by atoms with E-state index >= 15 is 0 Å². The molecule has 1 amide bonds.